The number of rotatable bonds is 2. The maximum atomic E-state index is 12.4. The summed E-state index contributed by atoms with van der Waals surface area (Å²) in [5, 5.41) is 13.8. The number of nitrogens with one attached hydrogen (secondary N) is 1. The molecule has 0 bridgehead atoms. The van der Waals surface area contributed by atoms with Crippen LogP contribution in [0.15, 0.2) is 41.6 Å². The Bertz CT molecular complexity index is 972. The molecular formula is C16H11N5OS. The summed E-state index contributed by atoms with van der Waals surface area (Å²) in [6, 6.07) is 13.2. The van der Waals surface area contributed by atoms with Gasteiger partial charge in [0.15, 0.2) is 16.7 Å². The van der Waals surface area contributed by atoms with E-state index in [9.17, 15) is 10.1 Å². The molecular weight excluding hydrogens is 310 g/mol. The SMILES string of the molecule is N#Cc1c(NC(=O)c2ccc3ccccc3n2)nc2n1CCS2. The van der Waals surface area contributed by atoms with Gasteiger partial charge in [0.25, 0.3) is 5.91 Å². The van der Waals surface area contributed by atoms with Crippen molar-refractivity contribution in [2.24, 2.45) is 0 Å². The van der Waals surface area contributed by atoms with E-state index in [4.69, 9.17) is 0 Å². The first-order valence-electron chi connectivity index (χ1n) is 7.07. The van der Waals surface area contributed by atoms with Crippen molar-refractivity contribution >= 4 is 34.4 Å². The van der Waals surface area contributed by atoms with Gasteiger partial charge < -0.3 is 9.88 Å². The molecule has 0 unspecified atom stereocenters. The van der Waals surface area contributed by atoms with Crippen LogP contribution in [0, 0.1) is 11.3 Å². The van der Waals surface area contributed by atoms with Crippen LogP contribution < -0.4 is 5.32 Å². The third-order valence-corrected chi connectivity index (χ3v) is 4.60. The number of nitrogens with zero attached hydrogens (tertiary/aromatic N) is 4. The van der Waals surface area contributed by atoms with Gasteiger partial charge in [-0.3, -0.25) is 4.79 Å². The molecule has 1 aliphatic rings. The largest absolute Gasteiger partial charge is 0.308 e. The standard InChI is InChI=1S/C16H11N5OS/c17-9-13-14(20-16-21(13)7-8-23-16)19-15(22)12-6-5-10-3-1-2-4-11(10)18-12/h1-6H,7-8H2,(H,19,22). The Kier molecular flexibility index (Phi) is 3.24. The highest BCUT2D eigenvalue weighted by atomic mass is 32.2. The molecule has 0 atom stereocenters. The number of fused-ring (bicyclic) bond motifs is 2. The second-order valence-corrected chi connectivity index (χ2v) is 6.11. The quantitative estimate of drug-likeness (QED) is 0.784. The second kappa shape index (κ2) is 5.41. The molecule has 112 valence electrons. The van der Waals surface area contributed by atoms with Gasteiger partial charge in [-0.1, -0.05) is 36.0 Å². The van der Waals surface area contributed by atoms with E-state index in [1.54, 1.807) is 17.8 Å². The fourth-order valence-corrected chi connectivity index (χ4v) is 3.49. The number of imidazole rings is 1. The molecule has 23 heavy (non-hydrogen) atoms. The van der Waals surface area contributed by atoms with E-state index in [2.05, 4.69) is 21.4 Å². The lowest BCUT2D eigenvalue weighted by atomic mass is 10.2. The average Bonchev–Trinajstić information content (AvgIpc) is 3.14. The molecule has 3 heterocycles. The third-order valence-electron chi connectivity index (χ3n) is 3.65. The first kappa shape index (κ1) is 13.8. The number of amides is 1. The Morgan fingerprint density at radius 1 is 1.26 bits per heavy atom. The van der Waals surface area contributed by atoms with E-state index < -0.39 is 0 Å². The van der Waals surface area contributed by atoms with E-state index in [1.807, 2.05) is 34.9 Å². The molecule has 1 amide bonds. The number of hydrogen-bond acceptors (Lipinski definition) is 5. The first-order chi connectivity index (χ1) is 11.3. The molecule has 0 aliphatic carbocycles. The summed E-state index contributed by atoms with van der Waals surface area (Å²) >= 11 is 1.58. The minimum absolute atomic E-state index is 0.299. The zero-order chi connectivity index (χ0) is 15.8. The van der Waals surface area contributed by atoms with Crippen LogP contribution in [0.3, 0.4) is 0 Å². The van der Waals surface area contributed by atoms with Crippen LogP contribution in [0.2, 0.25) is 0 Å². The fraction of sp³-hybridized carbons (Fsp3) is 0.125. The van der Waals surface area contributed by atoms with E-state index in [0.29, 0.717) is 17.2 Å². The third kappa shape index (κ3) is 2.33. The predicted octanol–water partition coefficient (Wildman–Crippen LogP) is 2.66. The molecule has 1 aromatic carbocycles. The molecule has 4 rings (SSSR count). The molecule has 0 fully saturated rings. The van der Waals surface area contributed by atoms with Gasteiger partial charge in [-0.05, 0) is 12.1 Å². The zero-order valence-corrected chi connectivity index (χ0v) is 12.8. The molecule has 0 spiro atoms. The number of hydrogen-bond donors (Lipinski definition) is 1. The van der Waals surface area contributed by atoms with Crippen LogP contribution in [0.4, 0.5) is 5.82 Å². The summed E-state index contributed by atoms with van der Waals surface area (Å²) in [4.78, 5) is 21.1. The molecule has 1 N–H and O–H groups in total. The predicted molar refractivity (Wildman–Crippen MR) is 87.4 cm³/mol. The highest BCUT2D eigenvalue weighted by Crippen LogP contribution is 2.30. The normalized spacial score (nSPS) is 12.8. The van der Waals surface area contributed by atoms with Gasteiger partial charge in [-0.2, -0.15) is 5.26 Å². The summed E-state index contributed by atoms with van der Waals surface area (Å²) in [5.74, 6) is 0.834. The number of benzene rings is 1. The van der Waals surface area contributed by atoms with Crippen molar-refractivity contribution in [3.63, 3.8) is 0 Å². The van der Waals surface area contributed by atoms with Crippen LogP contribution >= 0.6 is 11.8 Å². The number of carbonyl (C=O) groups excluding carboxylic acids is 1. The number of anilines is 1. The van der Waals surface area contributed by atoms with Gasteiger partial charge in [0.05, 0.1) is 5.52 Å². The Hall–Kier alpha value is -2.85. The highest BCUT2D eigenvalue weighted by Gasteiger charge is 2.23. The van der Waals surface area contributed by atoms with Crippen LogP contribution in [-0.4, -0.2) is 26.2 Å². The molecule has 3 aromatic rings. The maximum Gasteiger partial charge on any atom is 0.275 e. The van der Waals surface area contributed by atoms with Crippen molar-refractivity contribution in [1.29, 1.82) is 5.26 Å². The average molecular weight is 321 g/mol. The van der Waals surface area contributed by atoms with E-state index in [1.165, 1.54) is 0 Å². The van der Waals surface area contributed by atoms with Crippen LogP contribution in [0.25, 0.3) is 10.9 Å². The summed E-state index contributed by atoms with van der Waals surface area (Å²) < 4.78 is 1.83. The van der Waals surface area contributed by atoms with Crippen molar-refractivity contribution in [3.05, 3.63) is 47.8 Å². The molecule has 0 saturated carbocycles. The summed E-state index contributed by atoms with van der Waals surface area (Å²) in [6.45, 7) is 0.736. The van der Waals surface area contributed by atoms with E-state index in [-0.39, 0.29) is 5.91 Å². The molecule has 2 aromatic heterocycles. The number of aromatic nitrogens is 3. The number of para-hydroxylation sites is 1. The summed E-state index contributed by atoms with van der Waals surface area (Å²) in [7, 11) is 0. The Morgan fingerprint density at radius 3 is 3.00 bits per heavy atom. The zero-order valence-electron chi connectivity index (χ0n) is 12.0. The van der Waals surface area contributed by atoms with Gasteiger partial charge in [0.1, 0.15) is 11.8 Å². The summed E-state index contributed by atoms with van der Waals surface area (Å²) in [6.07, 6.45) is 0. The lowest BCUT2D eigenvalue weighted by molar-refractivity contribution is 0.102. The number of carbonyl (C=O) groups is 1. The minimum Gasteiger partial charge on any atom is -0.308 e. The van der Waals surface area contributed by atoms with Gasteiger partial charge in [0.2, 0.25) is 0 Å². The van der Waals surface area contributed by atoms with Gasteiger partial charge in [-0.25, -0.2) is 9.97 Å². The smallest absolute Gasteiger partial charge is 0.275 e. The fourth-order valence-electron chi connectivity index (χ4n) is 2.54. The minimum atomic E-state index is -0.367. The number of nitriles is 1. The van der Waals surface area contributed by atoms with Crippen molar-refractivity contribution in [2.45, 2.75) is 11.7 Å². The Morgan fingerprint density at radius 2 is 2.13 bits per heavy atom. The maximum absolute atomic E-state index is 12.4. The lowest BCUT2D eigenvalue weighted by Gasteiger charge is -2.04. The number of thioether (sulfide) groups is 1. The van der Waals surface area contributed by atoms with Crippen LogP contribution in [-0.2, 0) is 6.54 Å². The van der Waals surface area contributed by atoms with Crippen molar-refractivity contribution in [1.82, 2.24) is 14.5 Å². The Balaban J connectivity index is 1.66. The summed E-state index contributed by atoms with van der Waals surface area (Å²) in [5.41, 5.74) is 1.44. The van der Waals surface area contributed by atoms with Gasteiger partial charge >= 0.3 is 0 Å². The van der Waals surface area contributed by atoms with Crippen molar-refractivity contribution in [2.75, 3.05) is 11.1 Å². The lowest BCUT2D eigenvalue weighted by Crippen LogP contribution is -2.15. The molecule has 0 radical (unpaired) electrons. The van der Waals surface area contributed by atoms with Crippen LogP contribution in [0.1, 0.15) is 16.2 Å². The first-order valence-corrected chi connectivity index (χ1v) is 8.05. The van der Waals surface area contributed by atoms with E-state index >= 15 is 0 Å². The Labute approximate surface area is 136 Å². The van der Waals surface area contributed by atoms with Gasteiger partial charge in [-0.15, -0.1) is 0 Å². The van der Waals surface area contributed by atoms with Gasteiger partial charge in [0, 0.05) is 17.7 Å². The van der Waals surface area contributed by atoms with Crippen LogP contribution in [0.5, 0.6) is 0 Å². The second-order valence-electron chi connectivity index (χ2n) is 5.05. The molecule has 6 nitrogen and oxygen atoms in total. The van der Waals surface area contributed by atoms with Crippen molar-refractivity contribution < 1.29 is 4.79 Å². The van der Waals surface area contributed by atoms with E-state index in [0.717, 1.165) is 28.4 Å². The topological polar surface area (TPSA) is 83.6 Å². The monoisotopic (exact) mass is 321 g/mol. The molecule has 0 saturated heterocycles. The molecule has 1 aliphatic heterocycles. The van der Waals surface area contributed by atoms with Crippen molar-refractivity contribution in [3.8, 4) is 6.07 Å². The highest BCUT2D eigenvalue weighted by molar-refractivity contribution is 7.99. The molecule has 7 heteroatoms. The number of pyridine rings is 1.